The highest BCUT2D eigenvalue weighted by Crippen LogP contribution is 2.37. The van der Waals surface area contributed by atoms with Crippen LogP contribution in [0.4, 0.5) is 0 Å². The maximum absolute atomic E-state index is 8.12. The van der Waals surface area contributed by atoms with Crippen LogP contribution in [-0.2, 0) is 9.47 Å². The van der Waals surface area contributed by atoms with Crippen molar-refractivity contribution in [2.75, 3.05) is 13.2 Å². The van der Waals surface area contributed by atoms with Crippen molar-refractivity contribution in [2.24, 2.45) is 11.8 Å². The van der Waals surface area contributed by atoms with Crippen LogP contribution in [0.15, 0.2) is 0 Å². The summed E-state index contributed by atoms with van der Waals surface area (Å²) < 4.78 is 12.6. The molecule has 4 atom stereocenters. The molecule has 0 aromatic carbocycles. The van der Waals surface area contributed by atoms with E-state index in [1.54, 1.807) is 0 Å². The summed E-state index contributed by atoms with van der Waals surface area (Å²) in [5.74, 6) is 1.34. The highest BCUT2D eigenvalue weighted by Gasteiger charge is 2.41. The minimum absolute atomic E-state index is 0.331. The molecule has 0 aliphatic heterocycles. The lowest BCUT2D eigenvalue weighted by molar-refractivity contribution is -0.0838. The zero-order chi connectivity index (χ0) is 25.2. The van der Waals surface area contributed by atoms with E-state index in [9.17, 15) is 0 Å². The van der Waals surface area contributed by atoms with Gasteiger partial charge in [-0.25, -0.2) is 0 Å². The molecule has 1 saturated carbocycles. The third-order valence-corrected chi connectivity index (χ3v) is 6.56. The Balaban J connectivity index is 0. The molecular weight excluding hydrogens is 406 g/mol. The van der Waals surface area contributed by atoms with Gasteiger partial charge >= 0.3 is 0 Å². The maximum atomic E-state index is 8.12. The van der Waals surface area contributed by atoms with Crippen molar-refractivity contribution >= 4 is 0 Å². The first-order chi connectivity index (χ1) is 16.2. The van der Waals surface area contributed by atoms with Gasteiger partial charge in [0.1, 0.15) is 0 Å². The lowest BCUT2D eigenvalue weighted by atomic mass is 10.0. The molecule has 3 nitrogen and oxygen atoms in total. The minimum atomic E-state index is 0.331. The van der Waals surface area contributed by atoms with E-state index in [0.29, 0.717) is 24.0 Å². The fraction of sp³-hybridized carbons (Fsp3) is 0.967. The van der Waals surface area contributed by atoms with Crippen LogP contribution in [0.25, 0.3) is 0 Å². The van der Waals surface area contributed by atoms with E-state index in [-0.39, 0.29) is 0 Å². The van der Waals surface area contributed by atoms with Crippen molar-refractivity contribution in [1.82, 2.24) is 0 Å². The lowest BCUT2D eigenvalue weighted by Crippen LogP contribution is -2.34. The Morgan fingerprint density at radius 1 is 0.667 bits per heavy atom. The molecular formula is C30H61NO2. The third kappa shape index (κ3) is 19.4. The summed E-state index contributed by atoms with van der Waals surface area (Å²) in [5, 5.41) is 8.12. The molecule has 0 spiro atoms. The first kappa shape index (κ1) is 34.6. The van der Waals surface area contributed by atoms with Gasteiger partial charge in [-0.05, 0) is 37.5 Å². The zero-order valence-corrected chi connectivity index (χ0v) is 23.8. The van der Waals surface area contributed by atoms with Gasteiger partial charge in [0.2, 0.25) is 0 Å². The van der Waals surface area contributed by atoms with Crippen molar-refractivity contribution < 1.29 is 9.47 Å². The van der Waals surface area contributed by atoms with Crippen molar-refractivity contribution in [2.45, 2.75) is 163 Å². The summed E-state index contributed by atoms with van der Waals surface area (Å²) in [6, 6.07) is 2.13. The van der Waals surface area contributed by atoms with Gasteiger partial charge in [-0.3, -0.25) is 0 Å². The number of hydrogen-bond acceptors (Lipinski definition) is 3. The Kier molecular flexibility index (Phi) is 29.0. The fourth-order valence-corrected chi connectivity index (χ4v) is 4.53. The van der Waals surface area contributed by atoms with Gasteiger partial charge < -0.3 is 9.47 Å². The molecule has 0 saturated heterocycles. The molecule has 1 aliphatic rings. The molecule has 1 aliphatic carbocycles. The molecule has 198 valence electrons. The fourth-order valence-electron chi connectivity index (χ4n) is 4.53. The number of hydrogen-bond donors (Lipinski definition) is 0. The average molecular weight is 468 g/mol. The molecule has 0 bridgehead atoms. The van der Waals surface area contributed by atoms with Crippen LogP contribution in [-0.4, -0.2) is 25.4 Å². The van der Waals surface area contributed by atoms with Crippen molar-refractivity contribution in [3.8, 4) is 6.07 Å². The predicted octanol–water partition coefficient (Wildman–Crippen LogP) is 9.88. The van der Waals surface area contributed by atoms with Crippen LogP contribution in [0.3, 0.4) is 0 Å². The van der Waals surface area contributed by atoms with Gasteiger partial charge in [0.05, 0.1) is 18.3 Å². The minimum Gasteiger partial charge on any atom is -0.375 e. The molecule has 1 rings (SSSR count). The number of rotatable bonds is 18. The number of nitriles is 1. The molecule has 0 amide bonds. The van der Waals surface area contributed by atoms with Gasteiger partial charge in [0, 0.05) is 19.6 Å². The molecule has 0 radical (unpaired) electrons. The normalized spacial score (nSPS) is 21.5. The van der Waals surface area contributed by atoms with E-state index in [1.165, 1.54) is 89.9 Å². The largest absolute Gasteiger partial charge is 0.375 e. The van der Waals surface area contributed by atoms with Crippen LogP contribution in [0, 0.1) is 23.2 Å². The first-order valence-electron chi connectivity index (χ1n) is 14.8. The second-order valence-electron chi connectivity index (χ2n) is 9.50. The second kappa shape index (κ2) is 27.7. The Hall–Kier alpha value is -0.590. The third-order valence-electron chi connectivity index (χ3n) is 6.56. The highest BCUT2D eigenvalue weighted by atomic mass is 16.5. The van der Waals surface area contributed by atoms with Crippen molar-refractivity contribution in [3.63, 3.8) is 0 Å². The van der Waals surface area contributed by atoms with Gasteiger partial charge in [0.15, 0.2) is 0 Å². The summed E-state index contributed by atoms with van der Waals surface area (Å²) in [6.45, 7) is 17.2. The summed E-state index contributed by atoms with van der Waals surface area (Å²) >= 11 is 0. The van der Waals surface area contributed by atoms with Gasteiger partial charge in [-0.2, -0.15) is 5.26 Å². The summed E-state index contributed by atoms with van der Waals surface area (Å²) in [7, 11) is 0. The van der Waals surface area contributed by atoms with E-state index in [2.05, 4.69) is 40.7 Å². The summed E-state index contributed by atoms with van der Waals surface area (Å²) in [6.07, 6.45) is 20.4. The van der Waals surface area contributed by atoms with Gasteiger partial charge in [0.25, 0.3) is 0 Å². The summed E-state index contributed by atoms with van der Waals surface area (Å²) in [5.41, 5.74) is 0. The van der Waals surface area contributed by atoms with Gasteiger partial charge in [-0.1, -0.05) is 119 Å². The van der Waals surface area contributed by atoms with Crippen LogP contribution in [0.1, 0.15) is 151 Å². The van der Waals surface area contributed by atoms with E-state index >= 15 is 0 Å². The monoisotopic (exact) mass is 467 g/mol. The smallest absolute Gasteiger partial charge is 0.0867 e. The molecule has 1 fully saturated rings. The van der Waals surface area contributed by atoms with Crippen LogP contribution < -0.4 is 0 Å². The zero-order valence-electron chi connectivity index (χ0n) is 23.8. The number of unbranched alkanes of at least 4 members (excludes halogenated alkanes) is 11. The van der Waals surface area contributed by atoms with Crippen molar-refractivity contribution in [1.29, 1.82) is 5.26 Å². The molecule has 0 aromatic heterocycles. The first-order valence-corrected chi connectivity index (χ1v) is 14.8. The standard InChI is InChI=1S/C21H42O2.C7H13N.C2H6/c1-5-8-10-12-14-16-23-21-19(7-3)17-18(4)20(21)22-15-13-11-9-6-2;1-2-3-4-5-6-7-8;1-2/h18-21H,5-17H2,1-4H3;2-6H2,1H3;1-2H3. The molecule has 3 heteroatoms. The predicted molar refractivity (Wildman–Crippen MR) is 146 cm³/mol. The number of nitrogens with zero attached hydrogens (tertiary/aromatic N) is 1. The second-order valence-corrected chi connectivity index (χ2v) is 9.50. The quantitative estimate of drug-likeness (QED) is 0.188. The average Bonchev–Trinajstić information content (AvgIpc) is 3.15. The lowest BCUT2D eigenvalue weighted by Gasteiger charge is -2.26. The van der Waals surface area contributed by atoms with E-state index in [0.717, 1.165) is 26.1 Å². The summed E-state index contributed by atoms with van der Waals surface area (Å²) in [4.78, 5) is 0. The van der Waals surface area contributed by atoms with E-state index in [1.807, 2.05) is 13.8 Å². The Labute approximate surface area is 209 Å². The molecule has 0 aromatic rings. The van der Waals surface area contributed by atoms with Gasteiger partial charge in [-0.15, -0.1) is 0 Å². The molecule has 4 unspecified atom stereocenters. The molecule has 0 N–H and O–H groups in total. The van der Waals surface area contributed by atoms with E-state index in [4.69, 9.17) is 14.7 Å². The topological polar surface area (TPSA) is 42.2 Å². The van der Waals surface area contributed by atoms with Crippen LogP contribution in [0.5, 0.6) is 0 Å². The molecule has 0 heterocycles. The Bertz CT molecular complexity index is 407. The van der Waals surface area contributed by atoms with E-state index < -0.39 is 0 Å². The maximum Gasteiger partial charge on any atom is 0.0867 e. The Morgan fingerprint density at radius 2 is 1.12 bits per heavy atom. The van der Waals surface area contributed by atoms with Crippen LogP contribution in [0.2, 0.25) is 0 Å². The number of ether oxygens (including phenoxy) is 2. The molecule has 33 heavy (non-hydrogen) atoms. The Morgan fingerprint density at radius 3 is 1.61 bits per heavy atom. The van der Waals surface area contributed by atoms with Crippen LogP contribution >= 0.6 is 0 Å². The van der Waals surface area contributed by atoms with Crippen molar-refractivity contribution in [3.05, 3.63) is 0 Å². The highest BCUT2D eigenvalue weighted by molar-refractivity contribution is 4.91. The SMILES string of the molecule is CC.CCCCCCC#N.CCCCCCCOC1C(CC)CC(C)C1OCCCCCC.